The van der Waals surface area contributed by atoms with E-state index in [4.69, 9.17) is 16.3 Å². The molecule has 0 aliphatic carbocycles. The maximum Gasteiger partial charge on any atom is 0.254 e. The predicted octanol–water partition coefficient (Wildman–Crippen LogP) is 2.88. The summed E-state index contributed by atoms with van der Waals surface area (Å²) in [6.45, 7) is 3.98. The minimum absolute atomic E-state index is 0.0578. The van der Waals surface area contributed by atoms with Gasteiger partial charge in [-0.25, -0.2) is 0 Å². The third-order valence-electron chi connectivity index (χ3n) is 4.56. The van der Waals surface area contributed by atoms with E-state index in [2.05, 4.69) is 10.2 Å². The highest BCUT2D eigenvalue weighted by atomic mass is 35.5. The van der Waals surface area contributed by atoms with Crippen LogP contribution in [0.3, 0.4) is 0 Å². The molecule has 1 heterocycles. The van der Waals surface area contributed by atoms with E-state index < -0.39 is 0 Å². The van der Waals surface area contributed by atoms with Crippen LogP contribution in [0.25, 0.3) is 0 Å². The highest BCUT2D eigenvalue weighted by Crippen LogP contribution is 2.20. The van der Waals surface area contributed by atoms with Crippen LogP contribution in [0.5, 0.6) is 0 Å². The standard InChI is InChI=1S/C21H24ClN3O3/c1-24(15-20(26)23-19-8-3-2-7-18(19)22)21(27)17-6-4-5-16(13-17)14-25-9-11-28-12-10-25/h2-8,13H,9-12,14-15H2,1H3,(H,23,26). The van der Waals surface area contributed by atoms with Crippen LogP contribution in [0.2, 0.25) is 5.02 Å². The summed E-state index contributed by atoms with van der Waals surface area (Å²) in [5.41, 5.74) is 2.17. The van der Waals surface area contributed by atoms with Crippen molar-refractivity contribution in [1.29, 1.82) is 0 Å². The number of nitrogens with zero attached hydrogens (tertiary/aromatic N) is 2. The highest BCUT2D eigenvalue weighted by molar-refractivity contribution is 6.33. The third-order valence-corrected chi connectivity index (χ3v) is 4.89. The third kappa shape index (κ3) is 5.55. The predicted molar refractivity (Wildman–Crippen MR) is 110 cm³/mol. The molecular formula is C21H24ClN3O3. The number of rotatable bonds is 6. The normalized spacial score (nSPS) is 14.5. The molecule has 2 amide bonds. The van der Waals surface area contributed by atoms with Crippen LogP contribution >= 0.6 is 11.6 Å². The number of morpholine rings is 1. The van der Waals surface area contributed by atoms with E-state index in [0.717, 1.165) is 38.4 Å². The summed E-state index contributed by atoms with van der Waals surface area (Å²) >= 11 is 6.05. The first-order chi connectivity index (χ1) is 13.5. The Hall–Kier alpha value is -2.41. The molecule has 0 aromatic heterocycles. The fourth-order valence-corrected chi connectivity index (χ4v) is 3.26. The maximum atomic E-state index is 12.7. The summed E-state index contributed by atoms with van der Waals surface area (Å²) in [6.07, 6.45) is 0. The molecule has 148 valence electrons. The van der Waals surface area contributed by atoms with Crippen molar-refractivity contribution in [2.75, 3.05) is 45.2 Å². The first-order valence-corrected chi connectivity index (χ1v) is 9.59. The molecule has 0 spiro atoms. The second-order valence-corrected chi connectivity index (χ2v) is 7.19. The lowest BCUT2D eigenvalue weighted by atomic mass is 10.1. The number of amides is 2. The van der Waals surface area contributed by atoms with Gasteiger partial charge in [0, 0.05) is 32.2 Å². The number of carbonyl (C=O) groups is 2. The molecule has 6 nitrogen and oxygen atoms in total. The van der Waals surface area contributed by atoms with Crippen molar-refractivity contribution in [1.82, 2.24) is 9.80 Å². The van der Waals surface area contributed by atoms with E-state index in [1.165, 1.54) is 4.90 Å². The van der Waals surface area contributed by atoms with Crippen molar-refractivity contribution in [3.63, 3.8) is 0 Å². The van der Waals surface area contributed by atoms with Gasteiger partial charge in [-0.15, -0.1) is 0 Å². The molecule has 1 fully saturated rings. The van der Waals surface area contributed by atoms with Gasteiger partial charge in [-0.05, 0) is 29.8 Å². The molecule has 3 rings (SSSR count). The average molecular weight is 402 g/mol. The van der Waals surface area contributed by atoms with Crippen LogP contribution in [0.15, 0.2) is 48.5 Å². The molecule has 2 aromatic rings. The summed E-state index contributed by atoms with van der Waals surface area (Å²) < 4.78 is 5.37. The van der Waals surface area contributed by atoms with E-state index in [1.807, 2.05) is 18.2 Å². The molecule has 1 aliphatic rings. The Kier molecular flexibility index (Phi) is 7.03. The number of nitrogens with one attached hydrogen (secondary N) is 1. The molecule has 0 bridgehead atoms. The molecule has 0 radical (unpaired) electrons. The SMILES string of the molecule is CN(CC(=O)Nc1ccccc1Cl)C(=O)c1cccc(CN2CCOCC2)c1. The Balaban J connectivity index is 1.58. The quantitative estimate of drug-likeness (QED) is 0.808. The van der Waals surface area contributed by atoms with E-state index in [0.29, 0.717) is 16.3 Å². The van der Waals surface area contributed by atoms with Crippen molar-refractivity contribution in [2.24, 2.45) is 0 Å². The van der Waals surface area contributed by atoms with Gasteiger partial charge >= 0.3 is 0 Å². The molecule has 0 saturated carbocycles. The van der Waals surface area contributed by atoms with E-state index in [9.17, 15) is 9.59 Å². The van der Waals surface area contributed by atoms with E-state index in [-0.39, 0.29) is 18.4 Å². The van der Waals surface area contributed by atoms with Crippen LogP contribution in [-0.4, -0.2) is 61.5 Å². The lowest BCUT2D eigenvalue weighted by Crippen LogP contribution is -2.36. The lowest BCUT2D eigenvalue weighted by molar-refractivity contribution is -0.116. The summed E-state index contributed by atoms with van der Waals surface area (Å²) in [5, 5.41) is 3.19. The van der Waals surface area contributed by atoms with Crippen molar-refractivity contribution in [3.8, 4) is 0 Å². The van der Waals surface area contributed by atoms with Crippen LogP contribution in [0.1, 0.15) is 15.9 Å². The number of anilines is 1. The second-order valence-electron chi connectivity index (χ2n) is 6.78. The summed E-state index contributed by atoms with van der Waals surface area (Å²) in [6, 6.07) is 14.5. The van der Waals surface area contributed by atoms with Gasteiger partial charge < -0.3 is 15.0 Å². The van der Waals surface area contributed by atoms with Gasteiger partial charge in [0.1, 0.15) is 0 Å². The zero-order chi connectivity index (χ0) is 19.9. The van der Waals surface area contributed by atoms with Crippen LogP contribution in [-0.2, 0) is 16.1 Å². The van der Waals surface area contributed by atoms with Crippen LogP contribution in [0.4, 0.5) is 5.69 Å². The lowest BCUT2D eigenvalue weighted by Gasteiger charge is -2.26. The monoisotopic (exact) mass is 401 g/mol. The summed E-state index contributed by atoms with van der Waals surface area (Å²) in [4.78, 5) is 28.7. The van der Waals surface area contributed by atoms with Gasteiger partial charge in [-0.3, -0.25) is 14.5 Å². The van der Waals surface area contributed by atoms with Gasteiger partial charge in [0.2, 0.25) is 5.91 Å². The number of halogens is 1. The number of likely N-dealkylation sites (N-methyl/N-ethyl adjacent to an activating group) is 1. The molecule has 1 N–H and O–H groups in total. The average Bonchev–Trinajstić information content (AvgIpc) is 2.70. The van der Waals surface area contributed by atoms with Crippen LogP contribution < -0.4 is 5.32 Å². The molecule has 0 unspecified atom stereocenters. The van der Waals surface area contributed by atoms with Gasteiger partial charge in [-0.1, -0.05) is 35.9 Å². The fraction of sp³-hybridized carbons (Fsp3) is 0.333. The second kappa shape index (κ2) is 9.68. The van der Waals surface area contributed by atoms with Crippen LogP contribution in [0, 0.1) is 0 Å². The molecule has 1 saturated heterocycles. The minimum Gasteiger partial charge on any atom is -0.379 e. The first-order valence-electron chi connectivity index (χ1n) is 9.22. The number of para-hydroxylation sites is 1. The number of hydrogen-bond donors (Lipinski definition) is 1. The van der Waals surface area contributed by atoms with Gasteiger partial charge in [-0.2, -0.15) is 0 Å². The molecule has 0 atom stereocenters. The smallest absolute Gasteiger partial charge is 0.254 e. The van der Waals surface area contributed by atoms with E-state index in [1.54, 1.807) is 37.4 Å². The minimum atomic E-state index is -0.298. The Labute approximate surface area is 170 Å². The Morgan fingerprint density at radius 2 is 1.89 bits per heavy atom. The Morgan fingerprint density at radius 3 is 2.64 bits per heavy atom. The molecule has 1 aliphatic heterocycles. The van der Waals surface area contributed by atoms with Crippen molar-refractivity contribution in [3.05, 3.63) is 64.7 Å². The molecule has 7 heteroatoms. The zero-order valence-electron chi connectivity index (χ0n) is 15.9. The Bertz CT molecular complexity index is 837. The van der Waals surface area contributed by atoms with Crippen molar-refractivity contribution >= 4 is 29.1 Å². The molecule has 2 aromatic carbocycles. The largest absolute Gasteiger partial charge is 0.379 e. The van der Waals surface area contributed by atoms with E-state index >= 15 is 0 Å². The van der Waals surface area contributed by atoms with Crippen molar-refractivity contribution in [2.45, 2.75) is 6.54 Å². The van der Waals surface area contributed by atoms with Gasteiger partial charge in [0.05, 0.1) is 30.5 Å². The zero-order valence-corrected chi connectivity index (χ0v) is 16.6. The molecule has 28 heavy (non-hydrogen) atoms. The van der Waals surface area contributed by atoms with Crippen molar-refractivity contribution < 1.29 is 14.3 Å². The fourth-order valence-electron chi connectivity index (χ4n) is 3.08. The maximum absolute atomic E-state index is 12.7. The summed E-state index contributed by atoms with van der Waals surface area (Å²) in [5.74, 6) is -0.494. The number of hydrogen-bond acceptors (Lipinski definition) is 4. The van der Waals surface area contributed by atoms with Gasteiger partial charge in [0.25, 0.3) is 5.91 Å². The number of benzene rings is 2. The number of carbonyl (C=O) groups excluding carboxylic acids is 2. The Morgan fingerprint density at radius 1 is 1.14 bits per heavy atom. The molecular weight excluding hydrogens is 378 g/mol. The highest BCUT2D eigenvalue weighted by Gasteiger charge is 2.17. The van der Waals surface area contributed by atoms with Gasteiger partial charge in [0.15, 0.2) is 0 Å². The number of ether oxygens (including phenoxy) is 1. The first kappa shape index (κ1) is 20.3. The topological polar surface area (TPSA) is 61.9 Å². The summed E-state index contributed by atoms with van der Waals surface area (Å²) in [7, 11) is 1.61.